The van der Waals surface area contributed by atoms with E-state index in [0.717, 1.165) is 55.7 Å². The number of rotatable bonds is 8. The van der Waals surface area contributed by atoms with Crippen LogP contribution in [-0.2, 0) is 4.74 Å². The van der Waals surface area contributed by atoms with E-state index in [0.29, 0.717) is 30.3 Å². The fraction of sp³-hybridized carbons (Fsp3) is 0.385. The molecule has 0 bridgehead atoms. The topological polar surface area (TPSA) is 60.9 Å². The van der Waals surface area contributed by atoms with E-state index in [1.165, 1.54) is 6.07 Å². The van der Waals surface area contributed by atoms with Gasteiger partial charge in [-0.15, -0.1) is 0 Å². The van der Waals surface area contributed by atoms with Gasteiger partial charge in [0.05, 0.1) is 17.7 Å². The van der Waals surface area contributed by atoms with E-state index in [1.54, 1.807) is 17.2 Å². The second-order valence-electron chi connectivity index (χ2n) is 8.99. The van der Waals surface area contributed by atoms with Gasteiger partial charge in [-0.05, 0) is 42.8 Å². The van der Waals surface area contributed by atoms with Gasteiger partial charge in [0.25, 0.3) is 0 Å². The number of hydrogen-bond acceptors (Lipinski definition) is 6. The van der Waals surface area contributed by atoms with E-state index in [4.69, 9.17) is 16.3 Å². The molecule has 1 unspecified atom stereocenters. The quantitative estimate of drug-likeness (QED) is 0.463. The molecule has 1 atom stereocenters. The predicted molar refractivity (Wildman–Crippen MR) is 137 cm³/mol. The van der Waals surface area contributed by atoms with E-state index < -0.39 is 0 Å². The fourth-order valence-electron chi connectivity index (χ4n) is 4.79. The minimum atomic E-state index is -0.246. The number of benzene rings is 2. The summed E-state index contributed by atoms with van der Waals surface area (Å²) < 4.78 is 19.7. The predicted octanol–water partition coefficient (Wildman–Crippen LogP) is 4.47. The van der Waals surface area contributed by atoms with Gasteiger partial charge in [0, 0.05) is 68.1 Å². The van der Waals surface area contributed by atoms with Crippen molar-refractivity contribution in [1.29, 1.82) is 0 Å². The maximum absolute atomic E-state index is 14.1. The van der Waals surface area contributed by atoms with E-state index in [1.807, 2.05) is 36.4 Å². The van der Waals surface area contributed by atoms with Crippen molar-refractivity contribution < 1.29 is 13.9 Å². The largest absolute Gasteiger partial charge is 0.443 e. The third-order valence-corrected chi connectivity index (χ3v) is 6.84. The number of aromatic nitrogens is 1. The molecule has 0 radical (unpaired) electrons. The molecular formula is C26H29ClFN5O2. The van der Waals surface area contributed by atoms with E-state index in [-0.39, 0.29) is 18.0 Å². The number of pyridine rings is 1. The van der Waals surface area contributed by atoms with Crippen LogP contribution in [0, 0.1) is 5.82 Å². The zero-order valence-electron chi connectivity index (χ0n) is 19.5. The lowest BCUT2D eigenvalue weighted by Crippen LogP contribution is -2.49. The Kier molecular flexibility index (Phi) is 7.20. The van der Waals surface area contributed by atoms with Crippen LogP contribution in [0.25, 0.3) is 10.9 Å². The van der Waals surface area contributed by atoms with Crippen molar-refractivity contribution in [3.05, 3.63) is 65.6 Å². The Hall–Kier alpha value is -3.10. The van der Waals surface area contributed by atoms with Crippen molar-refractivity contribution in [2.45, 2.75) is 12.5 Å². The number of nitrogens with one attached hydrogen (secondary N) is 1. The molecule has 9 heteroatoms. The maximum atomic E-state index is 14.1. The number of hydrogen-bond donors (Lipinski definition) is 1. The number of carbonyl (C=O) groups excluding carboxylic acids is 1. The molecule has 2 fully saturated rings. The molecule has 184 valence electrons. The van der Waals surface area contributed by atoms with Crippen molar-refractivity contribution in [3.8, 4) is 0 Å². The van der Waals surface area contributed by atoms with Gasteiger partial charge in [-0.3, -0.25) is 9.88 Å². The van der Waals surface area contributed by atoms with Crippen LogP contribution in [0.2, 0.25) is 5.02 Å². The van der Waals surface area contributed by atoms with Gasteiger partial charge in [0.1, 0.15) is 11.9 Å². The number of nitrogens with zero attached hydrogens (tertiary/aromatic N) is 4. The van der Waals surface area contributed by atoms with Crippen molar-refractivity contribution >= 4 is 40.0 Å². The van der Waals surface area contributed by atoms with E-state index in [2.05, 4.69) is 20.1 Å². The monoisotopic (exact) mass is 497 g/mol. The second-order valence-corrected chi connectivity index (χ2v) is 9.43. The highest BCUT2D eigenvalue weighted by molar-refractivity contribution is 6.31. The van der Waals surface area contributed by atoms with Gasteiger partial charge in [-0.1, -0.05) is 23.7 Å². The lowest BCUT2D eigenvalue weighted by atomic mass is 10.2. The molecule has 3 aromatic rings. The summed E-state index contributed by atoms with van der Waals surface area (Å²) in [6.45, 7) is 5.82. The maximum Gasteiger partial charge on any atom is 0.410 e. The van der Waals surface area contributed by atoms with Crippen molar-refractivity contribution in [1.82, 2.24) is 14.8 Å². The van der Waals surface area contributed by atoms with Crippen molar-refractivity contribution in [2.75, 3.05) is 62.6 Å². The third-order valence-electron chi connectivity index (χ3n) is 6.60. The molecule has 3 heterocycles. The highest BCUT2D eigenvalue weighted by Gasteiger charge is 2.32. The van der Waals surface area contributed by atoms with Crippen LogP contribution in [0.3, 0.4) is 0 Å². The minimum Gasteiger partial charge on any atom is -0.443 e. The molecular weight excluding hydrogens is 469 g/mol. The van der Waals surface area contributed by atoms with Gasteiger partial charge in [0.15, 0.2) is 0 Å². The summed E-state index contributed by atoms with van der Waals surface area (Å²) in [4.78, 5) is 22.9. The number of halogens is 2. The van der Waals surface area contributed by atoms with Crippen LogP contribution in [0.15, 0.2) is 54.7 Å². The number of ether oxygens (including phenoxy) is 1. The van der Waals surface area contributed by atoms with Gasteiger partial charge >= 0.3 is 6.09 Å². The molecule has 2 saturated heterocycles. The standard InChI is InChI=1S/C26H29ClFN5O2/c27-19-6-7-21-23(8-10-30-24(21)16-19)29-9-3-11-33-18-20(35-26(33)34)17-31-12-14-32(15-13-31)25-5-2-1-4-22(25)28/h1-2,4-8,10,16,20H,3,9,11-15,17-18H2,(H,29,30). The normalized spacial score (nSPS) is 18.8. The molecule has 2 aromatic carbocycles. The summed E-state index contributed by atoms with van der Waals surface area (Å²) in [6, 6.07) is 14.5. The van der Waals surface area contributed by atoms with Crippen molar-refractivity contribution in [3.63, 3.8) is 0 Å². The SMILES string of the molecule is O=C1OC(CN2CCN(c3ccccc3F)CC2)CN1CCCNc1ccnc2cc(Cl)ccc12. The second kappa shape index (κ2) is 10.7. The Morgan fingerprint density at radius 1 is 1.11 bits per heavy atom. The molecule has 1 N–H and O–H groups in total. The Labute approximate surface area is 209 Å². The highest BCUT2D eigenvalue weighted by atomic mass is 35.5. The number of anilines is 2. The molecule has 7 nitrogen and oxygen atoms in total. The summed E-state index contributed by atoms with van der Waals surface area (Å²) in [7, 11) is 0. The van der Waals surface area contributed by atoms with Gasteiger partial charge in [0.2, 0.25) is 0 Å². The number of para-hydroxylation sites is 1. The van der Waals surface area contributed by atoms with Crippen LogP contribution in [0.5, 0.6) is 0 Å². The molecule has 0 saturated carbocycles. The number of piperazine rings is 1. The van der Waals surface area contributed by atoms with Crippen molar-refractivity contribution in [2.24, 2.45) is 0 Å². The van der Waals surface area contributed by atoms with Gasteiger partial charge in [-0.25, -0.2) is 9.18 Å². The summed E-state index contributed by atoms with van der Waals surface area (Å²) >= 11 is 6.07. The summed E-state index contributed by atoms with van der Waals surface area (Å²) in [5.74, 6) is -0.183. The van der Waals surface area contributed by atoms with Gasteiger partial charge < -0.3 is 19.9 Å². The van der Waals surface area contributed by atoms with E-state index in [9.17, 15) is 9.18 Å². The highest BCUT2D eigenvalue weighted by Crippen LogP contribution is 2.25. The molecule has 0 spiro atoms. The zero-order valence-corrected chi connectivity index (χ0v) is 20.3. The number of cyclic esters (lactones) is 1. The number of amides is 1. The third kappa shape index (κ3) is 5.60. The molecule has 0 aliphatic carbocycles. The zero-order chi connectivity index (χ0) is 24.2. The molecule has 5 rings (SSSR count). The molecule has 35 heavy (non-hydrogen) atoms. The Morgan fingerprint density at radius 2 is 1.94 bits per heavy atom. The first-order valence-electron chi connectivity index (χ1n) is 12.0. The van der Waals surface area contributed by atoms with Crippen LogP contribution in [0.1, 0.15) is 6.42 Å². The molecule has 1 aromatic heterocycles. The fourth-order valence-corrected chi connectivity index (χ4v) is 4.95. The smallest absolute Gasteiger partial charge is 0.410 e. The molecule has 2 aliphatic heterocycles. The Morgan fingerprint density at radius 3 is 2.77 bits per heavy atom. The number of fused-ring (bicyclic) bond motifs is 1. The Bertz CT molecular complexity index is 1190. The average Bonchev–Trinajstić information content (AvgIpc) is 3.21. The first kappa shape index (κ1) is 23.6. The van der Waals surface area contributed by atoms with E-state index >= 15 is 0 Å². The minimum absolute atomic E-state index is 0.135. The van der Waals surface area contributed by atoms with Gasteiger partial charge in [-0.2, -0.15) is 0 Å². The first-order valence-corrected chi connectivity index (χ1v) is 12.4. The van der Waals surface area contributed by atoms with Crippen LogP contribution < -0.4 is 10.2 Å². The van der Waals surface area contributed by atoms with Crippen LogP contribution in [-0.4, -0.2) is 79.3 Å². The Balaban J connectivity index is 1.05. The number of carbonyl (C=O) groups is 1. The first-order chi connectivity index (χ1) is 17.1. The summed E-state index contributed by atoms with van der Waals surface area (Å²) in [6.07, 6.45) is 2.19. The van der Waals surface area contributed by atoms with Crippen LogP contribution in [0.4, 0.5) is 20.6 Å². The van der Waals surface area contributed by atoms with Crippen LogP contribution >= 0.6 is 11.6 Å². The summed E-state index contributed by atoms with van der Waals surface area (Å²) in [5.41, 5.74) is 2.51. The molecule has 2 aliphatic rings. The lowest BCUT2D eigenvalue weighted by molar-refractivity contribution is 0.104. The average molecular weight is 498 g/mol. The lowest BCUT2D eigenvalue weighted by Gasteiger charge is -2.36. The summed E-state index contributed by atoms with van der Waals surface area (Å²) in [5, 5.41) is 5.13. The molecule has 1 amide bonds.